The van der Waals surface area contributed by atoms with Gasteiger partial charge in [0.1, 0.15) is 0 Å². The van der Waals surface area contributed by atoms with E-state index >= 15 is 0 Å². The number of carboxylic acids is 1. The number of rotatable bonds is 5. The molecule has 7 heteroatoms. The molecule has 2 saturated carbocycles. The summed E-state index contributed by atoms with van der Waals surface area (Å²) in [6.45, 7) is 0. The van der Waals surface area contributed by atoms with Gasteiger partial charge in [0.25, 0.3) is 5.91 Å². The number of carbonyl (C=O) groups is 2. The van der Waals surface area contributed by atoms with Crippen LogP contribution >= 0.6 is 0 Å². The fourth-order valence-corrected chi connectivity index (χ4v) is 5.79. The van der Waals surface area contributed by atoms with Gasteiger partial charge in [-0.1, -0.05) is 12.8 Å². The summed E-state index contributed by atoms with van der Waals surface area (Å²) >= 11 is 0. The van der Waals surface area contributed by atoms with Gasteiger partial charge in [0.15, 0.2) is 9.84 Å². The molecule has 0 unspecified atom stereocenters. The van der Waals surface area contributed by atoms with Gasteiger partial charge in [0.2, 0.25) is 0 Å². The van der Waals surface area contributed by atoms with Crippen LogP contribution in [0.5, 0.6) is 0 Å². The molecule has 0 bridgehead atoms. The van der Waals surface area contributed by atoms with Crippen LogP contribution in [0.3, 0.4) is 0 Å². The van der Waals surface area contributed by atoms with Crippen LogP contribution in [0.4, 0.5) is 0 Å². The molecule has 0 radical (unpaired) electrons. The molecule has 0 aliphatic heterocycles. The number of aliphatic carboxylic acids is 1. The summed E-state index contributed by atoms with van der Waals surface area (Å²) in [5.74, 6) is -1.33. The highest BCUT2D eigenvalue weighted by atomic mass is 32.2. The zero-order valence-electron chi connectivity index (χ0n) is 14.7. The largest absolute Gasteiger partial charge is 0.481 e. The van der Waals surface area contributed by atoms with Crippen molar-refractivity contribution in [1.82, 2.24) is 5.32 Å². The van der Waals surface area contributed by atoms with Crippen molar-refractivity contribution in [2.75, 3.05) is 0 Å². The van der Waals surface area contributed by atoms with E-state index in [1.807, 2.05) is 0 Å². The average molecular weight is 379 g/mol. The number of carbonyl (C=O) groups excluding carboxylic acids is 1. The number of nitrogens with one attached hydrogen (secondary N) is 1. The van der Waals surface area contributed by atoms with Crippen LogP contribution in [0.1, 0.15) is 61.7 Å². The first-order chi connectivity index (χ1) is 12.4. The fourth-order valence-electron chi connectivity index (χ4n) is 3.94. The topological polar surface area (TPSA) is 101 Å². The van der Waals surface area contributed by atoms with Crippen molar-refractivity contribution < 1.29 is 23.1 Å². The minimum Gasteiger partial charge on any atom is -0.481 e. The molecule has 26 heavy (non-hydrogen) atoms. The zero-order valence-corrected chi connectivity index (χ0v) is 15.5. The van der Waals surface area contributed by atoms with Crippen molar-refractivity contribution in [2.24, 2.45) is 5.92 Å². The number of amides is 1. The molecule has 0 heterocycles. The SMILES string of the molecule is O=C(NC1CCC(C(=O)O)CC1)c1ccc(S(=O)(=O)C2CCCC2)cc1. The van der Waals surface area contributed by atoms with Crippen molar-refractivity contribution in [2.45, 2.75) is 67.6 Å². The second-order valence-electron chi connectivity index (χ2n) is 7.34. The maximum atomic E-state index is 12.6. The molecule has 2 aliphatic rings. The lowest BCUT2D eigenvalue weighted by Gasteiger charge is -2.26. The Morgan fingerprint density at radius 1 is 0.923 bits per heavy atom. The monoisotopic (exact) mass is 379 g/mol. The van der Waals surface area contributed by atoms with E-state index in [2.05, 4.69) is 5.32 Å². The Balaban J connectivity index is 1.60. The van der Waals surface area contributed by atoms with Crippen LogP contribution in [-0.2, 0) is 14.6 Å². The van der Waals surface area contributed by atoms with E-state index in [-0.39, 0.29) is 28.0 Å². The number of carboxylic acid groups (broad SMARTS) is 1. The minimum atomic E-state index is -3.31. The highest BCUT2D eigenvalue weighted by Gasteiger charge is 2.30. The highest BCUT2D eigenvalue weighted by Crippen LogP contribution is 2.30. The van der Waals surface area contributed by atoms with E-state index < -0.39 is 15.8 Å². The van der Waals surface area contributed by atoms with Crippen molar-refractivity contribution in [3.8, 4) is 0 Å². The number of sulfone groups is 1. The van der Waals surface area contributed by atoms with Crippen LogP contribution in [0.25, 0.3) is 0 Å². The van der Waals surface area contributed by atoms with Gasteiger partial charge in [-0.25, -0.2) is 8.42 Å². The standard InChI is InChI=1S/C19H25NO5S/c21-18(20-15-9-5-14(6-10-15)19(22)23)13-7-11-17(12-8-13)26(24,25)16-3-1-2-4-16/h7-8,11-12,14-16H,1-6,9-10H2,(H,20,21)(H,22,23). The first-order valence-electron chi connectivity index (χ1n) is 9.25. The summed E-state index contributed by atoms with van der Waals surface area (Å²) in [5, 5.41) is 11.6. The zero-order chi connectivity index (χ0) is 18.7. The van der Waals surface area contributed by atoms with Crippen LogP contribution in [0.15, 0.2) is 29.2 Å². The predicted molar refractivity (Wildman–Crippen MR) is 96.7 cm³/mol. The fraction of sp³-hybridized carbons (Fsp3) is 0.579. The summed E-state index contributed by atoms with van der Waals surface area (Å²) in [4.78, 5) is 23.6. The molecule has 2 fully saturated rings. The van der Waals surface area contributed by atoms with E-state index in [1.165, 1.54) is 12.1 Å². The molecule has 0 atom stereocenters. The van der Waals surface area contributed by atoms with Gasteiger partial charge < -0.3 is 10.4 Å². The van der Waals surface area contributed by atoms with E-state index in [9.17, 15) is 18.0 Å². The minimum absolute atomic E-state index is 0.0278. The summed E-state index contributed by atoms with van der Waals surface area (Å²) in [6, 6.07) is 6.12. The third-order valence-corrected chi connectivity index (χ3v) is 7.88. The Morgan fingerprint density at radius 3 is 2.04 bits per heavy atom. The normalized spacial score (nSPS) is 24.3. The Labute approximate surface area is 153 Å². The van der Waals surface area contributed by atoms with Crippen molar-refractivity contribution in [3.63, 3.8) is 0 Å². The molecule has 2 N–H and O–H groups in total. The Kier molecular flexibility index (Phi) is 5.65. The first-order valence-corrected chi connectivity index (χ1v) is 10.8. The van der Waals surface area contributed by atoms with Gasteiger partial charge in [-0.15, -0.1) is 0 Å². The molecule has 1 aromatic carbocycles. The lowest BCUT2D eigenvalue weighted by molar-refractivity contribution is -0.142. The number of benzene rings is 1. The van der Waals surface area contributed by atoms with Gasteiger partial charge in [-0.2, -0.15) is 0 Å². The molecule has 3 rings (SSSR count). The number of hydrogen-bond acceptors (Lipinski definition) is 4. The lowest BCUT2D eigenvalue weighted by Crippen LogP contribution is -2.38. The molecule has 1 aromatic rings. The summed E-state index contributed by atoms with van der Waals surface area (Å²) in [5.41, 5.74) is 0.427. The maximum Gasteiger partial charge on any atom is 0.306 e. The van der Waals surface area contributed by atoms with Crippen LogP contribution in [0.2, 0.25) is 0 Å². The second-order valence-corrected chi connectivity index (χ2v) is 9.56. The van der Waals surface area contributed by atoms with Gasteiger partial charge >= 0.3 is 5.97 Å². The molecule has 142 valence electrons. The molecule has 0 aromatic heterocycles. The summed E-state index contributed by atoms with van der Waals surface area (Å²) in [6.07, 6.45) is 5.77. The van der Waals surface area contributed by atoms with E-state index in [4.69, 9.17) is 5.11 Å². The smallest absolute Gasteiger partial charge is 0.306 e. The number of hydrogen-bond donors (Lipinski definition) is 2. The molecular weight excluding hydrogens is 354 g/mol. The van der Waals surface area contributed by atoms with Gasteiger partial charge in [-0.05, 0) is 62.8 Å². The van der Waals surface area contributed by atoms with E-state index in [0.717, 1.165) is 12.8 Å². The van der Waals surface area contributed by atoms with Gasteiger partial charge in [0.05, 0.1) is 16.1 Å². The molecular formula is C19H25NO5S. The Bertz CT molecular complexity index is 758. The van der Waals surface area contributed by atoms with Crippen molar-refractivity contribution >= 4 is 21.7 Å². The molecule has 0 saturated heterocycles. The molecule has 6 nitrogen and oxygen atoms in total. The predicted octanol–water partition coefficient (Wildman–Crippen LogP) is 2.78. The lowest BCUT2D eigenvalue weighted by atomic mass is 9.86. The molecule has 0 spiro atoms. The van der Waals surface area contributed by atoms with Crippen LogP contribution in [-0.4, -0.2) is 36.7 Å². The molecule has 1 amide bonds. The Hall–Kier alpha value is -1.89. The molecule has 2 aliphatic carbocycles. The quantitative estimate of drug-likeness (QED) is 0.819. The third-order valence-electron chi connectivity index (χ3n) is 5.60. The highest BCUT2D eigenvalue weighted by molar-refractivity contribution is 7.92. The van der Waals surface area contributed by atoms with Crippen LogP contribution in [0, 0.1) is 5.92 Å². The van der Waals surface area contributed by atoms with E-state index in [0.29, 0.717) is 44.1 Å². The average Bonchev–Trinajstić information content (AvgIpc) is 3.18. The van der Waals surface area contributed by atoms with Crippen LogP contribution < -0.4 is 5.32 Å². The summed E-state index contributed by atoms with van der Waals surface area (Å²) in [7, 11) is -3.31. The van der Waals surface area contributed by atoms with Crippen molar-refractivity contribution in [1.29, 1.82) is 0 Å². The maximum absolute atomic E-state index is 12.6. The first kappa shape index (κ1) is 18.9. The van der Waals surface area contributed by atoms with Gasteiger partial charge in [-0.3, -0.25) is 9.59 Å². The van der Waals surface area contributed by atoms with Gasteiger partial charge in [0, 0.05) is 11.6 Å². The second kappa shape index (κ2) is 7.78. The Morgan fingerprint density at radius 2 is 1.50 bits per heavy atom. The van der Waals surface area contributed by atoms with Crippen molar-refractivity contribution in [3.05, 3.63) is 29.8 Å². The van der Waals surface area contributed by atoms with E-state index in [1.54, 1.807) is 12.1 Å². The third kappa shape index (κ3) is 4.09. The summed E-state index contributed by atoms with van der Waals surface area (Å²) < 4.78 is 25.1.